The molecule has 0 unspecified atom stereocenters. The topological polar surface area (TPSA) is 67.9 Å². The van der Waals surface area contributed by atoms with Gasteiger partial charge in [0.2, 0.25) is 10.0 Å². The number of methoxy groups -OCH3 is 2. The molecule has 7 heteroatoms. The minimum absolute atomic E-state index is 0.0180. The van der Waals surface area contributed by atoms with Crippen LogP contribution < -0.4 is 14.2 Å². The Hall–Kier alpha value is -1.31. The maximum Gasteiger partial charge on any atom is 0.241 e. The lowest BCUT2D eigenvalue weighted by Gasteiger charge is -2.32. The predicted molar refractivity (Wildman–Crippen MR) is 94.4 cm³/mol. The minimum atomic E-state index is -3.58. The molecule has 0 bridgehead atoms. The van der Waals surface area contributed by atoms with Crippen LogP contribution in [0.25, 0.3) is 0 Å². The Morgan fingerprint density at radius 1 is 1.17 bits per heavy atom. The van der Waals surface area contributed by atoms with Crippen LogP contribution in [0.4, 0.5) is 0 Å². The molecule has 0 amide bonds. The average molecular weight is 356 g/mol. The molecular formula is C17H28N2O4S. The van der Waals surface area contributed by atoms with Crippen molar-refractivity contribution in [1.29, 1.82) is 0 Å². The van der Waals surface area contributed by atoms with Gasteiger partial charge < -0.3 is 14.4 Å². The third-order valence-corrected chi connectivity index (χ3v) is 6.08. The van der Waals surface area contributed by atoms with Crippen LogP contribution in [0.15, 0.2) is 17.0 Å². The highest BCUT2D eigenvalue weighted by Gasteiger charge is 2.26. The lowest BCUT2D eigenvalue weighted by atomic mass is 10.1. The van der Waals surface area contributed by atoms with E-state index in [2.05, 4.69) is 16.5 Å². The van der Waals surface area contributed by atoms with E-state index in [0.29, 0.717) is 17.1 Å². The molecule has 0 spiro atoms. The molecule has 1 N–H and O–H groups in total. The fourth-order valence-electron chi connectivity index (χ4n) is 3.13. The van der Waals surface area contributed by atoms with Crippen LogP contribution >= 0.6 is 0 Å². The summed E-state index contributed by atoms with van der Waals surface area (Å²) < 4.78 is 38.9. The first kappa shape index (κ1) is 19.0. The van der Waals surface area contributed by atoms with Crippen LogP contribution in [0.1, 0.15) is 31.7 Å². The van der Waals surface area contributed by atoms with Crippen molar-refractivity contribution < 1.29 is 17.9 Å². The highest BCUT2D eigenvalue weighted by atomic mass is 32.2. The van der Waals surface area contributed by atoms with E-state index in [1.165, 1.54) is 20.3 Å². The molecule has 2 rings (SSSR count). The lowest BCUT2D eigenvalue weighted by Crippen LogP contribution is -2.44. The van der Waals surface area contributed by atoms with Crippen molar-refractivity contribution in [2.24, 2.45) is 0 Å². The Morgan fingerprint density at radius 3 is 2.29 bits per heavy atom. The van der Waals surface area contributed by atoms with E-state index < -0.39 is 10.0 Å². The number of piperidine rings is 1. The number of hydrogen-bond acceptors (Lipinski definition) is 5. The molecule has 1 aromatic carbocycles. The quantitative estimate of drug-likeness (QED) is 0.811. The number of benzene rings is 1. The van der Waals surface area contributed by atoms with Gasteiger partial charge in [-0.25, -0.2) is 13.1 Å². The Kier molecular flexibility index (Phi) is 6.48. The summed E-state index contributed by atoms with van der Waals surface area (Å²) in [6.07, 6.45) is 2.80. The fourth-order valence-corrected chi connectivity index (χ4v) is 4.67. The second-order valence-electron chi connectivity index (χ2n) is 6.21. The monoisotopic (exact) mass is 356 g/mol. The summed E-state index contributed by atoms with van der Waals surface area (Å²) in [5, 5.41) is 0. The zero-order chi connectivity index (χ0) is 17.7. The first-order valence-electron chi connectivity index (χ1n) is 8.38. The zero-order valence-electron chi connectivity index (χ0n) is 15.0. The predicted octanol–water partition coefficient (Wildman–Crippen LogP) is 2.16. The molecule has 1 aliphatic heterocycles. The summed E-state index contributed by atoms with van der Waals surface area (Å²) in [7, 11) is -0.546. The molecule has 1 heterocycles. The van der Waals surface area contributed by atoms with Crippen molar-refractivity contribution in [3.8, 4) is 11.5 Å². The standard InChI is InChI=1S/C17H28N2O4S/c1-5-8-19-9-6-14(7-10-19)18-24(20,21)17-12-16(23-4)15(22-3)11-13(17)2/h11-12,14,18H,5-10H2,1-4H3. The number of rotatable bonds is 7. The Bertz CT molecular complexity index is 653. The first-order chi connectivity index (χ1) is 11.4. The maximum atomic E-state index is 12.8. The summed E-state index contributed by atoms with van der Waals surface area (Å²) in [5.74, 6) is 0.947. The van der Waals surface area contributed by atoms with E-state index in [1.807, 2.05) is 0 Å². The number of nitrogens with one attached hydrogen (secondary N) is 1. The summed E-state index contributed by atoms with van der Waals surface area (Å²) in [6, 6.07) is 3.20. The molecule has 1 fully saturated rings. The van der Waals surface area contributed by atoms with Gasteiger partial charge in [0.15, 0.2) is 11.5 Å². The lowest BCUT2D eigenvalue weighted by molar-refractivity contribution is 0.208. The normalized spacial score (nSPS) is 17.0. The van der Waals surface area contributed by atoms with Gasteiger partial charge in [-0.15, -0.1) is 0 Å². The third-order valence-electron chi connectivity index (χ3n) is 4.42. The van der Waals surface area contributed by atoms with Crippen LogP contribution in [0.3, 0.4) is 0 Å². The fraction of sp³-hybridized carbons (Fsp3) is 0.647. The van der Waals surface area contributed by atoms with Gasteiger partial charge in [0.1, 0.15) is 0 Å². The van der Waals surface area contributed by atoms with Crippen molar-refractivity contribution in [2.75, 3.05) is 33.9 Å². The second-order valence-corrected chi connectivity index (χ2v) is 7.89. The highest BCUT2D eigenvalue weighted by Crippen LogP contribution is 2.32. The van der Waals surface area contributed by atoms with E-state index >= 15 is 0 Å². The van der Waals surface area contributed by atoms with Gasteiger partial charge in [-0.05, 0) is 57.5 Å². The Balaban J connectivity index is 2.13. The summed E-state index contributed by atoms with van der Waals surface area (Å²) in [6.45, 7) is 6.88. The Morgan fingerprint density at radius 2 is 1.75 bits per heavy atom. The molecule has 24 heavy (non-hydrogen) atoms. The van der Waals surface area contributed by atoms with Crippen molar-refractivity contribution in [2.45, 2.75) is 44.0 Å². The molecule has 1 aliphatic rings. The molecule has 1 saturated heterocycles. The molecule has 0 aromatic heterocycles. The van der Waals surface area contributed by atoms with Gasteiger partial charge in [0.05, 0.1) is 19.1 Å². The van der Waals surface area contributed by atoms with Crippen LogP contribution in [0.2, 0.25) is 0 Å². The highest BCUT2D eigenvalue weighted by molar-refractivity contribution is 7.89. The minimum Gasteiger partial charge on any atom is -0.493 e. The van der Waals surface area contributed by atoms with E-state index in [9.17, 15) is 8.42 Å². The number of aryl methyl sites for hydroxylation is 1. The average Bonchev–Trinajstić information content (AvgIpc) is 2.56. The van der Waals surface area contributed by atoms with Crippen molar-refractivity contribution >= 4 is 10.0 Å². The third kappa shape index (κ3) is 4.40. The molecule has 136 valence electrons. The molecule has 1 aromatic rings. The van der Waals surface area contributed by atoms with Gasteiger partial charge in [-0.3, -0.25) is 0 Å². The van der Waals surface area contributed by atoms with Crippen molar-refractivity contribution in [3.05, 3.63) is 17.7 Å². The smallest absolute Gasteiger partial charge is 0.241 e. The maximum absolute atomic E-state index is 12.8. The van der Waals surface area contributed by atoms with E-state index in [1.54, 1.807) is 13.0 Å². The van der Waals surface area contributed by atoms with Crippen LogP contribution in [0, 0.1) is 6.92 Å². The van der Waals surface area contributed by atoms with Gasteiger partial charge in [-0.1, -0.05) is 6.92 Å². The molecule has 0 aliphatic carbocycles. The van der Waals surface area contributed by atoms with Gasteiger partial charge in [-0.2, -0.15) is 0 Å². The summed E-state index contributed by atoms with van der Waals surface area (Å²) in [5.41, 5.74) is 0.642. The van der Waals surface area contributed by atoms with Gasteiger partial charge >= 0.3 is 0 Å². The number of nitrogens with zero attached hydrogens (tertiary/aromatic N) is 1. The van der Waals surface area contributed by atoms with E-state index in [4.69, 9.17) is 9.47 Å². The molecule has 0 atom stereocenters. The Labute approximate surface area is 145 Å². The molecule has 0 saturated carbocycles. The largest absolute Gasteiger partial charge is 0.493 e. The molecule has 6 nitrogen and oxygen atoms in total. The summed E-state index contributed by atoms with van der Waals surface area (Å²) in [4.78, 5) is 2.63. The van der Waals surface area contributed by atoms with Crippen LogP contribution in [0.5, 0.6) is 11.5 Å². The zero-order valence-corrected chi connectivity index (χ0v) is 15.8. The SMILES string of the molecule is CCCN1CCC(NS(=O)(=O)c2cc(OC)c(OC)cc2C)CC1. The summed E-state index contributed by atoms with van der Waals surface area (Å²) >= 11 is 0. The number of ether oxygens (including phenoxy) is 2. The van der Waals surface area contributed by atoms with Crippen LogP contribution in [-0.2, 0) is 10.0 Å². The number of likely N-dealkylation sites (tertiary alicyclic amines) is 1. The molecule has 0 radical (unpaired) electrons. The van der Waals surface area contributed by atoms with E-state index in [0.717, 1.165) is 38.9 Å². The first-order valence-corrected chi connectivity index (χ1v) is 9.87. The van der Waals surface area contributed by atoms with E-state index in [-0.39, 0.29) is 10.9 Å². The number of hydrogen-bond donors (Lipinski definition) is 1. The van der Waals surface area contributed by atoms with Gasteiger partial charge in [0.25, 0.3) is 0 Å². The second kappa shape index (κ2) is 8.18. The van der Waals surface area contributed by atoms with Gasteiger partial charge in [0, 0.05) is 12.1 Å². The van der Waals surface area contributed by atoms with Crippen molar-refractivity contribution in [3.63, 3.8) is 0 Å². The molecular weight excluding hydrogens is 328 g/mol. The number of sulfonamides is 1. The van der Waals surface area contributed by atoms with Crippen LogP contribution in [-0.4, -0.2) is 53.2 Å². The van der Waals surface area contributed by atoms with Crippen molar-refractivity contribution in [1.82, 2.24) is 9.62 Å².